The van der Waals surface area contributed by atoms with E-state index in [4.69, 9.17) is 0 Å². The Bertz CT molecular complexity index is 44.8. The first-order valence-corrected chi connectivity index (χ1v) is 4.91. The van der Waals surface area contributed by atoms with Gasteiger partial charge in [0.2, 0.25) is 0 Å². The van der Waals surface area contributed by atoms with E-state index in [-0.39, 0.29) is 8.41 Å². The smallest absolute Gasteiger partial charge is 0 e. The molecule has 3 radical (unpaired) electrons. The number of hydrogen-bond acceptors (Lipinski definition) is 0. The quantitative estimate of drug-likeness (QED) is 0.385. The van der Waals surface area contributed by atoms with Crippen LogP contribution in [0.2, 0.25) is 0 Å². The lowest BCUT2D eigenvalue weighted by atomic mass is 10.1. The van der Waals surface area contributed by atoms with E-state index in [2.05, 4.69) is 13.8 Å². The second-order valence-electron chi connectivity index (χ2n) is 3.12. The lowest BCUT2D eigenvalue weighted by molar-refractivity contribution is 0.585. The summed E-state index contributed by atoms with van der Waals surface area (Å²) in [6, 6.07) is 0. The maximum Gasteiger partial charge on any atom is 0 e. The highest BCUT2D eigenvalue weighted by Gasteiger charge is 1.87. The standard InChI is InChI=1S/C10H22.B/c1-3-5-7-9-10-8-6-4-2;/h3-10H2,1-2H3;. The highest BCUT2D eigenvalue weighted by atomic mass is 13.9. The summed E-state index contributed by atoms with van der Waals surface area (Å²) in [6.45, 7) is 4.54. The van der Waals surface area contributed by atoms with Gasteiger partial charge >= 0.3 is 0 Å². The molecule has 0 aromatic heterocycles. The molecule has 0 saturated carbocycles. The van der Waals surface area contributed by atoms with Crippen LogP contribution in [0.25, 0.3) is 0 Å². The summed E-state index contributed by atoms with van der Waals surface area (Å²) < 4.78 is 0. The van der Waals surface area contributed by atoms with E-state index in [1.807, 2.05) is 0 Å². The second-order valence-corrected chi connectivity index (χ2v) is 3.12. The van der Waals surface area contributed by atoms with Gasteiger partial charge in [-0.3, -0.25) is 0 Å². The molecule has 0 saturated heterocycles. The van der Waals surface area contributed by atoms with E-state index in [9.17, 15) is 0 Å². The molecule has 11 heavy (non-hydrogen) atoms. The largest absolute Gasteiger partial charge is 0.0654 e. The number of hydrogen-bond donors (Lipinski definition) is 0. The molecule has 0 aliphatic rings. The molecule has 0 aromatic carbocycles. The Labute approximate surface area is 74.3 Å². The molecule has 0 rings (SSSR count). The van der Waals surface area contributed by atoms with Crippen LogP contribution >= 0.6 is 0 Å². The first-order valence-electron chi connectivity index (χ1n) is 4.91. The molecule has 0 aliphatic carbocycles. The van der Waals surface area contributed by atoms with Gasteiger partial charge in [-0.15, -0.1) is 0 Å². The molecule has 0 amide bonds. The molecule has 0 spiro atoms. The summed E-state index contributed by atoms with van der Waals surface area (Å²) in [4.78, 5) is 0. The van der Waals surface area contributed by atoms with Crippen LogP contribution in [-0.4, -0.2) is 8.41 Å². The van der Waals surface area contributed by atoms with Gasteiger partial charge in [0.15, 0.2) is 0 Å². The van der Waals surface area contributed by atoms with Gasteiger partial charge in [0.1, 0.15) is 0 Å². The van der Waals surface area contributed by atoms with Crippen molar-refractivity contribution in [3.63, 3.8) is 0 Å². The zero-order valence-corrected chi connectivity index (χ0v) is 8.23. The molecule has 0 heterocycles. The minimum absolute atomic E-state index is 0. The third-order valence-corrected chi connectivity index (χ3v) is 1.96. The number of unbranched alkanes of at least 4 members (excludes halogenated alkanes) is 7. The molecule has 0 fully saturated rings. The Morgan fingerprint density at radius 1 is 0.545 bits per heavy atom. The van der Waals surface area contributed by atoms with Crippen LogP contribution in [-0.2, 0) is 0 Å². The van der Waals surface area contributed by atoms with Crippen LogP contribution in [0.3, 0.4) is 0 Å². The minimum Gasteiger partial charge on any atom is -0.0654 e. The monoisotopic (exact) mass is 153 g/mol. The van der Waals surface area contributed by atoms with Gasteiger partial charge in [0, 0.05) is 8.41 Å². The van der Waals surface area contributed by atoms with Gasteiger partial charge < -0.3 is 0 Å². The normalized spacial score (nSPS) is 9.27. The zero-order valence-electron chi connectivity index (χ0n) is 8.23. The van der Waals surface area contributed by atoms with Crippen LogP contribution in [0.4, 0.5) is 0 Å². The molecule has 0 N–H and O–H groups in total. The highest BCUT2D eigenvalue weighted by Crippen LogP contribution is 2.07. The average molecular weight is 153 g/mol. The summed E-state index contributed by atoms with van der Waals surface area (Å²) in [5, 5.41) is 0. The molecular weight excluding hydrogens is 131 g/mol. The first kappa shape index (κ1) is 13.6. The van der Waals surface area contributed by atoms with Crippen molar-refractivity contribution in [2.45, 2.75) is 65.2 Å². The van der Waals surface area contributed by atoms with Crippen LogP contribution in [0.1, 0.15) is 65.2 Å². The highest BCUT2D eigenvalue weighted by molar-refractivity contribution is 5.75. The lowest BCUT2D eigenvalue weighted by Crippen LogP contribution is -1.77. The van der Waals surface area contributed by atoms with Crippen LogP contribution in [0, 0.1) is 0 Å². The fraction of sp³-hybridized carbons (Fsp3) is 1.00. The molecular formula is C10H22B. The fourth-order valence-corrected chi connectivity index (χ4v) is 1.21. The predicted molar refractivity (Wildman–Crippen MR) is 54.0 cm³/mol. The predicted octanol–water partition coefficient (Wildman–Crippen LogP) is 3.77. The Morgan fingerprint density at radius 3 is 1.09 bits per heavy atom. The minimum atomic E-state index is 0. The van der Waals surface area contributed by atoms with Crippen LogP contribution in [0.15, 0.2) is 0 Å². The van der Waals surface area contributed by atoms with E-state index < -0.39 is 0 Å². The molecule has 0 aliphatic heterocycles. The van der Waals surface area contributed by atoms with Crippen molar-refractivity contribution >= 4 is 8.41 Å². The molecule has 0 bridgehead atoms. The zero-order chi connectivity index (χ0) is 7.66. The first-order chi connectivity index (χ1) is 4.91. The molecule has 0 atom stereocenters. The van der Waals surface area contributed by atoms with Crippen molar-refractivity contribution in [1.82, 2.24) is 0 Å². The number of rotatable bonds is 7. The second kappa shape index (κ2) is 12.7. The van der Waals surface area contributed by atoms with E-state index in [0.717, 1.165) is 0 Å². The fourth-order valence-electron chi connectivity index (χ4n) is 1.21. The van der Waals surface area contributed by atoms with Gasteiger partial charge in [-0.05, 0) is 0 Å². The Morgan fingerprint density at radius 2 is 0.818 bits per heavy atom. The summed E-state index contributed by atoms with van der Waals surface area (Å²) >= 11 is 0. The summed E-state index contributed by atoms with van der Waals surface area (Å²) in [5.74, 6) is 0. The Hall–Kier alpha value is 0.0649. The van der Waals surface area contributed by atoms with Gasteiger partial charge in [-0.2, -0.15) is 0 Å². The van der Waals surface area contributed by atoms with Crippen molar-refractivity contribution in [3.8, 4) is 0 Å². The third kappa shape index (κ3) is 13.1. The molecule has 65 valence electrons. The molecule has 0 unspecified atom stereocenters. The van der Waals surface area contributed by atoms with Crippen molar-refractivity contribution in [1.29, 1.82) is 0 Å². The maximum absolute atomic E-state index is 2.27. The summed E-state index contributed by atoms with van der Waals surface area (Å²) in [5.41, 5.74) is 0. The molecule has 0 nitrogen and oxygen atoms in total. The van der Waals surface area contributed by atoms with E-state index in [0.29, 0.717) is 0 Å². The SMILES string of the molecule is CCCCCCCCCC.[B]. The lowest BCUT2D eigenvalue weighted by Gasteiger charge is -1.97. The van der Waals surface area contributed by atoms with Crippen molar-refractivity contribution in [3.05, 3.63) is 0 Å². The summed E-state index contributed by atoms with van der Waals surface area (Å²) in [6.07, 6.45) is 11.5. The van der Waals surface area contributed by atoms with Crippen molar-refractivity contribution in [2.75, 3.05) is 0 Å². The van der Waals surface area contributed by atoms with E-state index in [1.165, 1.54) is 51.4 Å². The van der Waals surface area contributed by atoms with Crippen LogP contribution < -0.4 is 0 Å². The molecule has 0 aromatic rings. The molecule has 1 heteroatoms. The Kier molecular flexibility index (Phi) is 15.8. The van der Waals surface area contributed by atoms with Crippen molar-refractivity contribution in [2.24, 2.45) is 0 Å². The van der Waals surface area contributed by atoms with E-state index >= 15 is 0 Å². The van der Waals surface area contributed by atoms with Gasteiger partial charge in [-0.1, -0.05) is 65.2 Å². The van der Waals surface area contributed by atoms with Gasteiger partial charge in [0.05, 0.1) is 0 Å². The third-order valence-electron chi connectivity index (χ3n) is 1.96. The van der Waals surface area contributed by atoms with Crippen LogP contribution in [0.5, 0.6) is 0 Å². The maximum atomic E-state index is 2.27. The van der Waals surface area contributed by atoms with E-state index in [1.54, 1.807) is 0 Å². The van der Waals surface area contributed by atoms with Gasteiger partial charge in [-0.25, -0.2) is 0 Å². The topological polar surface area (TPSA) is 0 Å². The average Bonchev–Trinajstić information content (AvgIpc) is 1.97. The Balaban J connectivity index is 0. The van der Waals surface area contributed by atoms with Gasteiger partial charge in [0.25, 0.3) is 0 Å². The van der Waals surface area contributed by atoms with Crippen molar-refractivity contribution < 1.29 is 0 Å². The summed E-state index contributed by atoms with van der Waals surface area (Å²) in [7, 11) is 0.